The molecule has 7 heteroatoms. The Morgan fingerprint density at radius 3 is 2.22 bits per heavy atom. The molecule has 2 aromatic rings. The molecule has 0 bridgehead atoms. The van der Waals surface area contributed by atoms with Crippen LogP contribution >= 0.6 is 0 Å². The first-order valence-electron chi connectivity index (χ1n) is 8.06. The van der Waals surface area contributed by atoms with Crippen molar-refractivity contribution in [2.45, 2.75) is 6.92 Å². The minimum atomic E-state index is -0.748. The number of carbonyl (C=O) groups excluding carboxylic acids is 3. The van der Waals surface area contributed by atoms with E-state index in [0.29, 0.717) is 16.9 Å². The first kappa shape index (κ1) is 19.7. The highest BCUT2D eigenvalue weighted by atomic mass is 16.5. The normalized spacial score (nSPS) is 10.7. The van der Waals surface area contributed by atoms with Crippen LogP contribution in [0.1, 0.15) is 15.9 Å². The number of hydrogen-bond donors (Lipinski definition) is 2. The smallest absolute Gasteiger partial charge is 0.354 e. The van der Waals surface area contributed by atoms with Gasteiger partial charge in [0.15, 0.2) is 0 Å². The molecule has 0 aliphatic carbocycles. The fraction of sp³-hybridized carbons (Fsp3) is 0.150. The summed E-state index contributed by atoms with van der Waals surface area (Å²) >= 11 is 0. The van der Waals surface area contributed by atoms with Crippen LogP contribution in [0, 0.1) is 6.92 Å². The molecular formula is C20H20N2O5. The van der Waals surface area contributed by atoms with Crippen LogP contribution in [-0.4, -0.2) is 32.1 Å². The molecule has 0 aromatic heterocycles. The van der Waals surface area contributed by atoms with Gasteiger partial charge in [-0.15, -0.1) is 0 Å². The van der Waals surface area contributed by atoms with Gasteiger partial charge in [0.2, 0.25) is 0 Å². The molecule has 0 spiro atoms. The monoisotopic (exact) mass is 368 g/mol. The van der Waals surface area contributed by atoms with E-state index in [4.69, 9.17) is 0 Å². The topological polar surface area (TPSA) is 93.7 Å². The van der Waals surface area contributed by atoms with Gasteiger partial charge < -0.3 is 20.1 Å². The Morgan fingerprint density at radius 2 is 1.59 bits per heavy atom. The summed E-state index contributed by atoms with van der Waals surface area (Å²) in [6.07, 6.45) is 0.983. The van der Waals surface area contributed by atoms with Crippen molar-refractivity contribution in [3.8, 4) is 0 Å². The third-order valence-electron chi connectivity index (χ3n) is 3.60. The molecule has 0 fully saturated rings. The maximum atomic E-state index is 12.4. The molecule has 0 saturated heterocycles. The molecule has 7 nitrogen and oxygen atoms in total. The zero-order valence-corrected chi connectivity index (χ0v) is 15.2. The summed E-state index contributed by atoms with van der Waals surface area (Å²) < 4.78 is 9.24. The first-order valence-corrected chi connectivity index (χ1v) is 8.06. The Balaban J connectivity index is 2.34. The molecule has 0 radical (unpaired) electrons. The number of hydrogen-bond acceptors (Lipinski definition) is 6. The lowest BCUT2D eigenvalue weighted by Crippen LogP contribution is -2.18. The molecule has 2 rings (SSSR count). The van der Waals surface area contributed by atoms with Crippen LogP contribution < -0.4 is 10.6 Å². The predicted octanol–water partition coefficient (Wildman–Crippen LogP) is 2.89. The van der Waals surface area contributed by atoms with Crippen LogP contribution in [0.5, 0.6) is 0 Å². The number of benzene rings is 2. The van der Waals surface area contributed by atoms with E-state index in [1.807, 2.05) is 19.1 Å². The molecule has 0 aliphatic rings. The number of methoxy groups -OCH3 is 2. The highest BCUT2D eigenvalue weighted by Gasteiger charge is 2.16. The maximum Gasteiger partial charge on any atom is 0.354 e. The number of ether oxygens (including phenoxy) is 2. The van der Waals surface area contributed by atoms with Gasteiger partial charge in [0.25, 0.3) is 5.91 Å². The van der Waals surface area contributed by atoms with E-state index in [1.54, 1.807) is 36.4 Å². The fourth-order valence-electron chi connectivity index (χ4n) is 2.23. The standard InChI is InChI=1S/C20H20N2O5/c1-13-9-10-15(22-19(24)14-7-5-4-6-8-14)16(11-13)21-17(20(25)27-3)12-18(23)26-2/h4-12,21H,1-3H3,(H,22,24)/b17-12+. The van der Waals surface area contributed by atoms with Crippen molar-refractivity contribution in [3.05, 3.63) is 71.4 Å². The minimum absolute atomic E-state index is 0.120. The van der Waals surface area contributed by atoms with E-state index in [9.17, 15) is 14.4 Å². The lowest BCUT2D eigenvalue weighted by atomic mass is 10.1. The zero-order valence-electron chi connectivity index (χ0n) is 15.2. The van der Waals surface area contributed by atoms with Crippen molar-refractivity contribution >= 4 is 29.2 Å². The molecule has 0 heterocycles. The van der Waals surface area contributed by atoms with Gasteiger partial charge in [-0.2, -0.15) is 0 Å². The van der Waals surface area contributed by atoms with E-state index in [2.05, 4.69) is 20.1 Å². The van der Waals surface area contributed by atoms with Gasteiger partial charge in [0.1, 0.15) is 5.70 Å². The molecule has 0 unspecified atom stereocenters. The third-order valence-corrected chi connectivity index (χ3v) is 3.60. The summed E-state index contributed by atoms with van der Waals surface area (Å²) in [5, 5.41) is 5.62. The van der Waals surface area contributed by atoms with Gasteiger partial charge in [-0.3, -0.25) is 4.79 Å². The van der Waals surface area contributed by atoms with E-state index in [0.717, 1.165) is 11.6 Å². The Bertz CT molecular complexity index is 875. The molecular weight excluding hydrogens is 348 g/mol. The van der Waals surface area contributed by atoms with E-state index in [1.165, 1.54) is 14.2 Å². The Morgan fingerprint density at radius 1 is 0.889 bits per heavy atom. The highest BCUT2D eigenvalue weighted by molar-refractivity contribution is 6.07. The quantitative estimate of drug-likeness (QED) is 0.601. The van der Waals surface area contributed by atoms with Crippen molar-refractivity contribution < 1.29 is 23.9 Å². The summed E-state index contributed by atoms with van der Waals surface area (Å²) in [4.78, 5) is 35.9. The number of anilines is 2. The Hall–Kier alpha value is -3.61. The predicted molar refractivity (Wildman–Crippen MR) is 101 cm³/mol. The SMILES string of the molecule is COC(=O)/C=C(/Nc1cc(C)ccc1NC(=O)c1ccccc1)C(=O)OC. The van der Waals surface area contributed by atoms with Crippen molar-refractivity contribution in [2.24, 2.45) is 0 Å². The number of carbonyl (C=O) groups is 3. The van der Waals surface area contributed by atoms with E-state index >= 15 is 0 Å². The Kier molecular flexibility index (Phi) is 6.71. The number of rotatable bonds is 6. The second kappa shape index (κ2) is 9.19. The number of esters is 2. The van der Waals surface area contributed by atoms with Gasteiger partial charge in [-0.1, -0.05) is 24.3 Å². The van der Waals surface area contributed by atoms with Crippen molar-refractivity contribution in [1.82, 2.24) is 0 Å². The van der Waals surface area contributed by atoms with Crippen LogP contribution in [0.2, 0.25) is 0 Å². The number of aryl methyl sites for hydroxylation is 1. The first-order chi connectivity index (χ1) is 12.9. The summed E-state index contributed by atoms with van der Waals surface area (Å²) in [6, 6.07) is 14.0. The molecule has 27 heavy (non-hydrogen) atoms. The average Bonchev–Trinajstić information content (AvgIpc) is 2.69. The van der Waals surface area contributed by atoms with Gasteiger partial charge in [-0.05, 0) is 36.8 Å². The lowest BCUT2D eigenvalue weighted by molar-refractivity contribution is -0.138. The van der Waals surface area contributed by atoms with Crippen molar-refractivity contribution in [1.29, 1.82) is 0 Å². The van der Waals surface area contributed by atoms with Crippen LogP contribution in [0.25, 0.3) is 0 Å². The lowest BCUT2D eigenvalue weighted by Gasteiger charge is -2.15. The third kappa shape index (κ3) is 5.43. The van der Waals surface area contributed by atoms with Crippen LogP contribution in [0.15, 0.2) is 60.3 Å². The van der Waals surface area contributed by atoms with Gasteiger partial charge in [0.05, 0.1) is 31.7 Å². The number of nitrogens with one attached hydrogen (secondary N) is 2. The zero-order chi connectivity index (χ0) is 19.8. The van der Waals surface area contributed by atoms with Crippen LogP contribution in [0.4, 0.5) is 11.4 Å². The van der Waals surface area contributed by atoms with E-state index in [-0.39, 0.29) is 11.6 Å². The second-order valence-corrected chi connectivity index (χ2v) is 5.57. The van der Waals surface area contributed by atoms with Gasteiger partial charge in [0, 0.05) is 5.56 Å². The molecule has 1 amide bonds. The molecule has 0 saturated carbocycles. The highest BCUT2D eigenvalue weighted by Crippen LogP contribution is 2.25. The summed E-state index contributed by atoms with van der Waals surface area (Å²) in [5.41, 5.74) is 2.12. The molecule has 0 atom stereocenters. The van der Waals surface area contributed by atoms with Gasteiger partial charge >= 0.3 is 11.9 Å². The second-order valence-electron chi connectivity index (χ2n) is 5.57. The average molecular weight is 368 g/mol. The molecule has 140 valence electrons. The van der Waals surface area contributed by atoms with Crippen molar-refractivity contribution in [2.75, 3.05) is 24.9 Å². The van der Waals surface area contributed by atoms with Crippen LogP contribution in [-0.2, 0) is 19.1 Å². The fourth-order valence-corrected chi connectivity index (χ4v) is 2.23. The Labute approximate surface area is 157 Å². The van der Waals surface area contributed by atoms with E-state index < -0.39 is 11.9 Å². The molecule has 2 aromatic carbocycles. The molecule has 2 N–H and O–H groups in total. The molecule has 0 aliphatic heterocycles. The van der Waals surface area contributed by atoms with Crippen LogP contribution in [0.3, 0.4) is 0 Å². The number of amides is 1. The van der Waals surface area contributed by atoms with Crippen molar-refractivity contribution in [3.63, 3.8) is 0 Å². The summed E-state index contributed by atoms with van der Waals surface area (Å²) in [6.45, 7) is 1.86. The summed E-state index contributed by atoms with van der Waals surface area (Å²) in [7, 11) is 2.40. The minimum Gasteiger partial charge on any atom is -0.466 e. The maximum absolute atomic E-state index is 12.4. The largest absolute Gasteiger partial charge is 0.466 e. The summed E-state index contributed by atoms with van der Waals surface area (Å²) in [5.74, 6) is -1.77. The van der Waals surface area contributed by atoms with Gasteiger partial charge in [-0.25, -0.2) is 9.59 Å².